The van der Waals surface area contributed by atoms with Crippen molar-refractivity contribution < 1.29 is 28.6 Å². The summed E-state index contributed by atoms with van der Waals surface area (Å²) in [5.41, 5.74) is 2.38. The van der Waals surface area contributed by atoms with E-state index in [1.807, 2.05) is 0 Å². The first-order valence-electron chi connectivity index (χ1n) is 9.34. The third-order valence-electron chi connectivity index (χ3n) is 4.11. The number of aryl methyl sites for hydroxylation is 2. The Bertz CT molecular complexity index is 1130. The highest BCUT2D eigenvalue weighted by Crippen LogP contribution is 2.16. The van der Waals surface area contributed by atoms with Crippen LogP contribution in [0, 0.1) is 13.8 Å². The number of carbonyl (C=O) groups excluding carboxylic acids is 2. The molecule has 0 saturated heterocycles. The summed E-state index contributed by atoms with van der Waals surface area (Å²) in [6.07, 6.45) is -0.521. The van der Waals surface area contributed by atoms with Crippen molar-refractivity contribution in [1.82, 2.24) is 10.9 Å². The van der Waals surface area contributed by atoms with Crippen molar-refractivity contribution in [3.05, 3.63) is 55.6 Å². The van der Waals surface area contributed by atoms with Gasteiger partial charge >= 0.3 is 11.3 Å². The zero-order valence-electron chi connectivity index (χ0n) is 17.8. The number of hydrazone groups is 2. The first kappa shape index (κ1) is 24.1. The lowest BCUT2D eigenvalue weighted by Crippen LogP contribution is -2.25. The van der Waals surface area contributed by atoms with E-state index in [1.165, 1.54) is 39.8 Å². The highest BCUT2D eigenvalue weighted by Gasteiger charge is 2.15. The van der Waals surface area contributed by atoms with E-state index in [4.69, 9.17) is 8.83 Å². The number of aromatic hydroxyl groups is 2. The van der Waals surface area contributed by atoms with Crippen LogP contribution in [0.5, 0.6) is 11.5 Å². The van der Waals surface area contributed by atoms with Gasteiger partial charge < -0.3 is 19.0 Å². The molecule has 2 heterocycles. The molecule has 2 aromatic heterocycles. The summed E-state index contributed by atoms with van der Waals surface area (Å²) >= 11 is 0. The maximum atomic E-state index is 11.9. The van der Waals surface area contributed by atoms with Gasteiger partial charge in [-0.05, 0) is 27.7 Å². The molecule has 0 radical (unpaired) electrons. The topological polar surface area (TPSA) is 184 Å². The number of hydrogen-bond acceptors (Lipinski definition) is 10. The van der Waals surface area contributed by atoms with Crippen LogP contribution >= 0.6 is 0 Å². The molecule has 0 saturated carbocycles. The first-order valence-corrected chi connectivity index (χ1v) is 9.34. The maximum Gasteiger partial charge on any atom is 0.348 e. The van der Waals surface area contributed by atoms with Crippen LogP contribution < -0.4 is 22.1 Å². The Morgan fingerprint density at radius 2 is 1.16 bits per heavy atom. The van der Waals surface area contributed by atoms with Gasteiger partial charge in [-0.2, -0.15) is 10.2 Å². The molecule has 4 N–H and O–H groups in total. The van der Waals surface area contributed by atoms with Crippen LogP contribution in [0.15, 0.2) is 40.8 Å². The van der Waals surface area contributed by atoms with Crippen molar-refractivity contribution in [3.8, 4) is 11.5 Å². The highest BCUT2D eigenvalue weighted by molar-refractivity contribution is 6.01. The summed E-state index contributed by atoms with van der Waals surface area (Å²) in [6.45, 7) is 5.77. The average Bonchev–Trinajstić information content (AvgIpc) is 2.67. The Hall–Kier alpha value is -4.22. The Morgan fingerprint density at radius 3 is 1.47 bits per heavy atom. The van der Waals surface area contributed by atoms with Crippen LogP contribution in [-0.4, -0.2) is 33.5 Å². The predicted molar refractivity (Wildman–Crippen MR) is 113 cm³/mol. The van der Waals surface area contributed by atoms with Gasteiger partial charge in [0.15, 0.2) is 0 Å². The number of rotatable bonds is 7. The molecular formula is C20H22N4O8. The van der Waals surface area contributed by atoms with Crippen molar-refractivity contribution in [2.45, 2.75) is 40.5 Å². The van der Waals surface area contributed by atoms with E-state index >= 15 is 0 Å². The molecule has 32 heavy (non-hydrogen) atoms. The molecule has 0 bridgehead atoms. The van der Waals surface area contributed by atoms with E-state index in [-0.39, 0.29) is 58.4 Å². The van der Waals surface area contributed by atoms with Gasteiger partial charge in [0, 0.05) is 25.0 Å². The molecule has 0 atom stereocenters. The van der Waals surface area contributed by atoms with E-state index in [0.29, 0.717) is 0 Å². The third-order valence-corrected chi connectivity index (χ3v) is 4.11. The van der Waals surface area contributed by atoms with E-state index in [0.717, 1.165) is 0 Å². The number of nitrogens with zero attached hydrogens (tertiary/aromatic N) is 2. The van der Waals surface area contributed by atoms with E-state index < -0.39 is 23.1 Å². The van der Waals surface area contributed by atoms with Gasteiger partial charge in [0.25, 0.3) is 0 Å². The van der Waals surface area contributed by atoms with Gasteiger partial charge in [-0.3, -0.25) is 9.59 Å². The minimum atomic E-state index is -0.806. The van der Waals surface area contributed by atoms with Gasteiger partial charge in [-0.1, -0.05) is 0 Å². The smallest absolute Gasteiger partial charge is 0.348 e. The fourth-order valence-electron chi connectivity index (χ4n) is 2.60. The first-order chi connectivity index (χ1) is 15.0. The monoisotopic (exact) mass is 446 g/mol. The molecule has 0 unspecified atom stereocenters. The van der Waals surface area contributed by atoms with Crippen LogP contribution in [-0.2, 0) is 9.59 Å². The molecule has 0 aliphatic carbocycles. The van der Waals surface area contributed by atoms with E-state index in [9.17, 15) is 29.4 Å². The number of amides is 2. The molecule has 2 rings (SSSR count). The molecule has 12 heteroatoms. The molecule has 2 aromatic rings. The van der Waals surface area contributed by atoms with Crippen molar-refractivity contribution in [1.29, 1.82) is 0 Å². The molecule has 2 amide bonds. The minimum absolute atomic E-state index is 0.0195. The van der Waals surface area contributed by atoms with Crippen LogP contribution in [0.1, 0.15) is 49.3 Å². The number of nitrogens with one attached hydrogen (secondary N) is 2. The summed E-state index contributed by atoms with van der Waals surface area (Å²) in [6, 6.07) is 2.48. The number of carbonyl (C=O) groups is 2. The predicted octanol–water partition coefficient (Wildman–Crippen LogP) is 0.782. The van der Waals surface area contributed by atoms with Crippen LogP contribution in [0.2, 0.25) is 0 Å². The Balaban J connectivity index is 1.93. The second-order valence-corrected chi connectivity index (χ2v) is 6.77. The van der Waals surface area contributed by atoms with Crippen LogP contribution in [0.3, 0.4) is 0 Å². The fraction of sp³-hybridized carbons (Fsp3) is 0.300. The number of hydrogen-bond donors (Lipinski definition) is 4. The molecule has 0 aliphatic heterocycles. The Kier molecular flexibility index (Phi) is 7.66. The second-order valence-electron chi connectivity index (χ2n) is 6.77. The van der Waals surface area contributed by atoms with Crippen molar-refractivity contribution in [3.63, 3.8) is 0 Å². The molecule has 0 fully saturated rings. The van der Waals surface area contributed by atoms with Crippen LogP contribution in [0.25, 0.3) is 0 Å². The molecule has 170 valence electrons. The summed E-state index contributed by atoms with van der Waals surface area (Å²) in [4.78, 5) is 47.5. The SMILES string of the molecule is C/C(=N\NC(=O)CCC(=O)N/N=C(\C)c1c(O)cc(C)oc1=O)c1c(O)cc(C)oc1=O. The van der Waals surface area contributed by atoms with Gasteiger partial charge in [0.2, 0.25) is 11.8 Å². The molecule has 0 aromatic carbocycles. The molecular weight excluding hydrogens is 424 g/mol. The lowest BCUT2D eigenvalue weighted by atomic mass is 10.2. The van der Waals surface area contributed by atoms with Crippen LogP contribution in [0.4, 0.5) is 0 Å². The fourth-order valence-corrected chi connectivity index (χ4v) is 2.60. The van der Waals surface area contributed by atoms with Crippen molar-refractivity contribution in [2.75, 3.05) is 0 Å². The third kappa shape index (κ3) is 6.14. The lowest BCUT2D eigenvalue weighted by molar-refractivity contribution is -0.126. The van der Waals surface area contributed by atoms with Gasteiger partial charge in [0.05, 0.1) is 11.4 Å². The van der Waals surface area contributed by atoms with Gasteiger partial charge in [-0.25, -0.2) is 20.4 Å². The molecule has 0 aliphatic rings. The average molecular weight is 446 g/mol. The summed E-state index contributed by atoms with van der Waals surface area (Å²) < 4.78 is 9.76. The summed E-state index contributed by atoms with van der Waals surface area (Å²) in [5.74, 6) is -1.50. The summed E-state index contributed by atoms with van der Waals surface area (Å²) in [5, 5.41) is 27.2. The zero-order chi connectivity index (χ0) is 24.0. The van der Waals surface area contributed by atoms with Crippen molar-refractivity contribution >= 4 is 23.2 Å². The zero-order valence-corrected chi connectivity index (χ0v) is 17.8. The standard InChI is InChI=1S/C20H22N4O8/c1-9-7-13(25)17(19(29)31-9)11(3)21-23-15(27)5-6-16(28)24-22-12(4)18-14(26)8-10(2)32-20(18)30/h7-8,25-26H,5-6H2,1-4H3,(H,23,27)(H,24,28)/b21-11+,22-12+. The highest BCUT2D eigenvalue weighted by atomic mass is 16.4. The van der Waals surface area contributed by atoms with Crippen molar-refractivity contribution in [2.24, 2.45) is 10.2 Å². The summed E-state index contributed by atoms with van der Waals surface area (Å²) in [7, 11) is 0. The Labute approximate surface area is 181 Å². The largest absolute Gasteiger partial charge is 0.507 e. The minimum Gasteiger partial charge on any atom is -0.507 e. The molecule has 12 nitrogen and oxygen atoms in total. The quantitative estimate of drug-likeness (QED) is 0.355. The van der Waals surface area contributed by atoms with E-state index in [1.54, 1.807) is 0 Å². The lowest BCUT2D eigenvalue weighted by Gasteiger charge is -2.05. The van der Waals surface area contributed by atoms with E-state index in [2.05, 4.69) is 21.1 Å². The second kappa shape index (κ2) is 10.2. The Morgan fingerprint density at radius 1 is 0.812 bits per heavy atom. The maximum absolute atomic E-state index is 11.9. The van der Waals surface area contributed by atoms with Gasteiger partial charge in [-0.15, -0.1) is 0 Å². The normalized spacial score (nSPS) is 11.9. The van der Waals surface area contributed by atoms with Gasteiger partial charge in [0.1, 0.15) is 34.1 Å². The molecule has 0 spiro atoms.